The molecule has 6 heteroatoms. The van der Waals surface area contributed by atoms with E-state index in [2.05, 4.69) is 15.9 Å². The van der Waals surface area contributed by atoms with Crippen LogP contribution in [0, 0.1) is 23.3 Å². The molecule has 70 valence electrons. The zero-order valence-electron chi connectivity index (χ0n) is 5.88. The highest BCUT2D eigenvalue weighted by Crippen LogP contribution is 2.27. The maximum atomic E-state index is 12.7. The predicted molar refractivity (Wildman–Crippen MR) is 39.4 cm³/mol. The smallest absolute Gasteiger partial charge is 0.198 e. The third kappa shape index (κ3) is 1.46. The monoisotopic (exact) mass is 256 g/mol. The summed E-state index contributed by atoms with van der Waals surface area (Å²) < 4.78 is 49.5. The van der Waals surface area contributed by atoms with Crippen LogP contribution in [0.15, 0.2) is 4.47 Å². The molecular weight excluding hydrogens is 256 g/mol. The molecule has 1 nitrogen and oxygen atoms in total. The number of aldehydes is 1. The highest BCUT2D eigenvalue weighted by Gasteiger charge is 2.23. The van der Waals surface area contributed by atoms with Crippen molar-refractivity contribution in [1.82, 2.24) is 0 Å². The van der Waals surface area contributed by atoms with Gasteiger partial charge in [-0.15, -0.1) is 0 Å². The second kappa shape index (κ2) is 3.45. The minimum Gasteiger partial charge on any atom is -0.298 e. The summed E-state index contributed by atoms with van der Waals surface area (Å²) in [5.41, 5.74) is -0.878. The number of hydrogen-bond acceptors (Lipinski definition) is 1. The van der Waals surface area contributed by atoms with E-state index in [0.717, 1.165) is 0 Å². The minimum atomic E-state index is -2.00. The molecule has 0 bridgehead atoms. The van der Waals surface area contributed by atoms with Crippen LogP contribution in [0.5, 0.6) is 0 Å². The molecule has 0 atom stereocenters. The lowest BCUT2D eigenvalue weighted by molar-refractivity contribution is 0.111. The molecule has 0 aliphatic rings. The molecule has 0 heterocycles. The molecule has 0 N–H and O–H groups in total. The van der Waals surface area contributed by atoms with Crippen LogP contribution in [0.2, 0.25) is 0 Å². The Morgan fingerprint density at radius 1 is 0.923 bits per heavy atom. The van der Waals surface area contributed by atoms with Crippen molar-refractivity contribution in [3.05, 3.63) is 33.3 Å². The number of rotatable bonds is 1. The Morgan fingerprint density at radius 3 is 1.85 bits per heavy atom. The van der Waals surface area contributed by atoms with Gasteiger partial charge in [-0.2, -0.15) is 0 Å². The molecule has 1 rings (SSSR count). The van der Waals surface area contributed by atoms with Crippen molar-refractivity contribution >= 4 is 22.2 Å². The second-order valence-corrected chi connectivity index (χ2v) is 2.89. The van der Waals surface area contributed by atoms with Gasteiger partial charge >= 0.3 is 0 Å². The first kappa shape index (κ1) is 10.2. The van der Waals surface area contributed by atoms with Crippen LogP contribution in [0.4, 0.5) is 17.6 Å². The summed E-state index contributed by atoms with van der Waals surface area (Å²) >= 11 is 2.42. The van der Waals surface area contributed by atoms with Crippen LogP contribution in [0.1, 0.15) is 10.4 Å². The van der Waals surface area contributed by atoms with Gasteiger partial charge in [-0.05, 0) is 15.9 Å². The molecular formula is C7HBrF4O. The fraction of sp³-hybridized carbons (Fsp3) is 0. The van der Waals surface area contributed by atoms with Crippen LogP contribution in [-0.2, 0) is 0 Å². The number of hydrogen-bond donors (Lipinski definition) is 0. The van der Waals surface area contributed by atoms with Gasteiger partial charge in [-0.3, -0.25) is 4.79 Å². The Labute approximate surface area is 78.5 Å². The number of benzene rings is 1. The molecule has 0 saturated heterocycles. The molecule has 0 aliphatic heterocycles. The Balaban J connectivity index is 3.66. The van der Waals surface area contributed by atoms with Crippen molar-refractivity contribution in [2.24, 2.45) is 0 Å². The maximum Gasteiger partial charge on any atom is 0.198 e. The first-order valence-corrected chi connectivity index (χ1v) is 3.76. The molecule has 0 aliphatic carbocycles. The second-order valence-electron chi connectivity index (χ2n) is 2.10. The maximum absolute atomic E-state index is 12.7. The third-order valence-electron chi connectivity index (χ3n) is 1.36. The van der Waals surface area contributed by atoms with Gasteiger partial charge in [0.25, 0.3) is 0 Å². The number of halogens is 5. The van der Waals surface area contributed by atoms with Crippen LogP contribution >= 0.6 is 15.9 Å². The molecule has 0 aromatic heterocycles. The van der Waals surface area contributed by atoms with E-state index >= 15 is 0 Å². The van der Waals surface area contributed by atoms with E-state index in [-0.39, 0.29) is 6.29 Å². The van der Waals surface area contributed by atoms with Crippen molar-refractivity contribution in [1.29, 1.82) is 0 Å². The molecule has 0 amide bonds. The third-order valence-corrected chi connectivity index (χ3v) is 2.14. The van der Waals surface area contributed by atoms with E-state index in [0.29, 0.717) is 0 Å². The van der Waals surface area contributed by atoms with Gasteiger partial charge in [-0.25, -0.2) is 17.6 Å². The number of carbonyl (C=O) groups is 1. The van der Waals surface area contributed by atoms with E-state index in [1.54, 1.807) is 0 Å². The fourth-order valence-electron chi connectivity index (χ4n) is 0.725. The van der Waals surface area contributed by atoms with Crippen molar-refractivity contribution in [2.45, 2.75) is 0 Å². The zero-order chi connectivity index (χ0) is 10.2. The molecule has 0 radical (unpaired) electrons. The summed E-state index contributed by atoms with van der Waals surface area (Å²) in [6.45, 7) is 0. The van der Waals surface area contributed by atoms with Crippen molar-refractivity contribution in [3.63, 3.8) is 0 Å². The fourth-order valence-corrected chi connectivity index (χ4v) is 1.17. The molecule has 13 heavy (non-hydrogen) atoms. The lowest BCUT2D eigenvalue weighted by Crippen LogP contribution is -2.02. The van der Waals surface area contributed by atoms with Gasteiger partial charge in [0.15, 0.2) is 29.6 Å². The Morgan fingerprint density at radius 2 is 1.38 bits per heavy atom. The highest BCUT2D eigenvalue weighted by atomic mass is 79.9. The average Bonchev–Trinajstić information content (AvgIpc) is 2.13. The van der Waals surface area contributed by atoms with Crippen LogP contribution in [0.3, 0.4) is 0 Å². The largest absolute Gasteiger partial charge is 0.298 e. The Bertz CT molecular complexity index is 348. The topological polar surface area (TPSA) is 17.1 Å². The first-order chi connectivity index (χ1) is 6.00. The minimum absolute atomic E-state index is 0.106. The van der Waals surface area contributed by atoms with Crippen LogP contribution < -0.4 is 0 Å². The van der Waals surface area contributed by atoms with Gasteiger partial charge in [-0.1, -0.05) is 0 Å². The molecule has 0 spiro atoms. The summed E-state index contributed by atoms with van der Waals surface area (Å²) in [5.74, 6) is -7.28. The van der Waals surface area contributed by atoms with E-state index in [1.807, 2.05) is 0 Å². The van der Waals surface area contributed by atoms with Gasteiger partial charge in [0.05, 0.1) is 10.0 Å². The first-order valence-electron chi connectivity index (χ1n) is 2.97. The Hall–Kier alpha value is -0.910. The summed E-state index contributed by atoms with van der Waals surface area (Å²) in [6.07, 6.45) is -0.106. The van der Waals surface area contributed by atoms with Crippen molar-refractivity contribution in [3.8, 4) is 0 Å². The Kier molecular flexibility index (Phi) is 2.70. The van der Waals surface area contributed by atoms with Gasteiger partial charge in [0.1, 0.15) is 0 Å². The van der Waals surface area contributed by atoms with Gasteiger partial charge in [0, 0.05) is 0 Å². The van der Waals surface area contributed by atoms with Crippen LogP contribution in [-0.4, -0.2) is 6.29 Å². The molecule has 0 saturated carbocycles. The molecule has 0 fully saturated rings. The quantitative estimate of drug-likeness (QED) is 0.327. The molecule has 0 unspecified atom stereocenters. The van der Waals surface area contributed by atoms with Gasteiger partial charge < -0.3 is 0 Å². The highest BCUT2D eigenvalue weighted by molar-refractivity contribution is 9.10. The summed E-state index contributed by atoms with van der Waals surface area (Å²) in [7, 11) is 0. The van der Waals surface area contributed by atoms with E-state index in [4.69, 9.17) is 0 Å². The lowest BCUT2D eigenvalue weighted by Gasteiger charge is -2.02. The normalized spacial score (nSPS) is 10.2. The summed E-state index contributed by atoms with van der Waals surface area (Å²) in [6, 6.07) is 0. The zero-order valence-corrected chi connectivity index (χ0v) is 7.46. The predicted octanol–water partition coefficient (Wildman–Crippen LogP) is 2.82. The lowest BCUT2D eigenvalue weighted by atomic mass is 10.2. The average molecular weight is 257 g/mol. The summed E-state index contributed by atoms with van der Waals surface area (Å²) in [4.78, 5) is 10.1. The molecule has 1 aromatic carbocycles. The SMILES string of the molecule is O=Cc1c(F)c(F)c(F)c(F)c1Br. The molecule has 1 aromatic rings. The number of carbonyl (C=O) groups excluding carboxylic acids is 1. The van der Waals surface area contributed by atoms with Crippen molar-refractivity contribution in [2.75, 3.05) is 0 Å². The standard InChI is InChI=1S/C7HBrF4O/c8-3-2(1-13)4(9)6(11)7(12)5(3)10/h1H. The van der Waals surface area contributed by atoms with Gasteiger partial charge in [0.2, 0.25) is 0 Å². The van der Waals surface area contributed by atoms with Crippen LogP contribution in [0.25, 0.3) is 0 Å². The summed E-state index contributed by atoms with van der Waals surface area (Å²) in [5, 5.41) is 0. The van der Waals surface area contributed by atoms with E-state index in [1.165, 1.54) is 0 Å². The van der Waals surface area contributed by atoms with E-state index < -0.39 is 33.3 Å². The van der Waals surface area contributed by atoms with Crippen molar-refractivity contribution < 1.29 is 22.4 Å². The van der Waals surface area contributed by atoms with E-state index in [9.17, 15) is 22.4 Å².